The zero-order valence-corrected chi connectivity index (χ0v) is 11.7. The van der Waals surface area contributed by atoms with E-state index < -0.39 is 15.6 Å². The Balaban J connectivity index is 2.01. The molecule has 1 saturated heterocycles. The van der Waals surface area contributed by atoms with Crippen LogP contribution in [0.15, 0.2) is 17.6 Å². The van der Waals surface area contributed by atoms with Gasteiger partial charge in [-0.25, -0.2) is 18.1 Å². The van der Waals surface area contributed by atoms with Crippen LogP contribution in [0.2, 0.25) is 0 Å². The van der Waals surface area contributed by atoms with Gasteiger partial charge in [0.1, 0.15) is 0 Å². The van der Waals surface area contributed by atoms with Gasteiger partial charge in [0.25, 0.3) is 10.0 Å². The Morgan fingerprint density at radius 3 is 2.79 bits per heavy atom. The lowest BCUT2D eigenvalue weighted by Crippen LogP contribution is -2.46. The summed E-state index contributed by atoms with van der Waals surface area (Å²) in [5.41, 5.74) is -1.03. The molecule has 7 nitrogen and oxygen atoms in total. The van der Waals surface area contributed by atoms with Gasteiger partial charge in [-0.15, -0.1) is 0 Å². The SMILES string of the molecule is CCn1cnc(S(=O)(=O)NCC2(O)CCOCC2)c1. The molecule has 0 bridgehead atoms. The molecule has 19 heavy (non-hydrogen) atoms. The molecule has 108 valence electrons. The number of aromatic nitrogens is 2. The molecule has 0 aliphatic carbocycles. The Morgan fingerprint density at radius 2 is 2.21 bits per heavy atom. The second-order valence-corrected chi connectivity index (χ2v) is 6.42. The summed E-state index contributed by atoms with van der Waals surface area (Å²) in [6.07, 6.45) is 3.80. The molecule has 2 rings (SSSR count). The maximum absolute atomic E-state index is 12.0. The first kappa shape index (κ1) is 14.4. The van der Waals surface area contributed by atoms with E-state index in [4.69, 9.17) is 4.74 Å². The quantitative estimate of drug-likeness (QED) is 0.778. The van der Waals surface area contributed by atoms with Gasteiger partial charge in [-0.3, -0.25) is 0 Å². The van der Waals surface area contributed by atoms with Crippen LogP contribution in [0.4, 0.5) is 0 Å². The summed E-state index contributed by atoms with van der Waals surface area (Å²) in [5.74, 6) is 0. The summed E-state index contributed by atoms with van der Waals surface area (Å²) in [7, 11) is -3.67. The molecule has 1 aliphatic heterocycles. The topological polar surface area (TPSA) is 93.5 Å². The first-order chi connectivity index (χ1) is 8.95. The third-order valence-corrected chi connectivity index (χ3v) is 4.55. The number of ether oxygens (including phenoxy) is 1. The molecular weight excluding hydrogens is 270 g/mol. The number of aliphatic hydroxyl groups is 1. The summed E-state index contributed by atoms with van der Waals surface area (Å²) in [6.45, 7) is 3.43. The van der Waals surface area contributed by atoms with E-state index in [1.807, 2.05) is 6.92 Å². The molecular formula is C11H19N3O4S. The Bertz CT molecular complexity index is 520. The normalized spacial score (nSPS) is 19.5. The van der Waals surface area contributed by atoms with Gasteiger partial charge >= 0.3 is 0 Å². The van der Waals surface area contributed by atoms with E-state index in [1.165, 1.54) is 12.5 Å². The molecule has 1 aromatic rings. The minimum atomic E-state index is -3.67. The van der Waals surface area contributed by atoms with Gasteiger partial charge in [0.2, 0.25) is 0 Å². The maximum Gasteiger partial charge on any atom is 0.259 e. The van der Waals surface area contributed by atoms with Gasteiger partial charge < -0.3 is 14.4 Å². The molecule has 2 N–H and O–H groups in total. The average molecular weight is 289 g/mol. The predicted molar refractivity (Wildman–Crippen MR) is 68.1 cm³/mol. The fraction of sp³-hybridized carbons (Fsp3) is 0.727. The van der Waals surface area contributed by atoms with Crippen molar-refractivity contribution in [3.05, 3.63) is 12.5 Å². The van der Waals surface area contributed by atoms with Crippen molar-refractivity contribution in [3.63, 3.8) is 0 Å². The number of nitrogens with one attached hydrogen (secondary N) is 1. The van der Waals surface area contributed by atoms with Crippen LogP contribution in [0.5, 0.6) is 0 Å². The number of hydrogen-bond acceptors (Lipinski definition) is 5. The molecule has 0 radical (unpaired) electrons. The van der Waals surface area contributed by atoms with Crippen LogP contribution in [-0.4, -0.2) is 48.4 Å². The molecule has 1 aliphatic rings. The zero-order chi connectivity index (χ0) is 13.9. The van der Waals surface area contributed by atoms with E-state index in [0.717, 1.165) is 0 Å². The van der Waals surface area contributed by atoms with Crippen LogP contribution in [0.3, 0.4) is 0 Å². The summed E-state index contributed by atoms with van der Waals surface area (Å²) >= 11 is 0. The van der Waals surface area contributed by atoms with Gasteiger partial charge in [-0.1, -0.05) is 0 Å². The number of nitrogens with zero attached hydrogens (tertiary/aromatic N) is 2. The second kappa shape index (κ2) is 5.58. The Labute approximate surface area is 112 Å². The summed E-state index contributed by atoms with van der Waals surface area (Å²) in [6, 6.07) is 0. The number of aryl methyl sites for hydroxylation is 1. The Hall–Kier alpha value is -0.960. The number of imidazole rings is 1. The maximum atomic E-state index is 12.0. The van der Waals surface area contributed by atoms with Gasteiger partial charge in [0.05, 0.1) is 11.9 Å². The molecule has 2 heterocycles. The third-order valence-electron chi connectivity index (χ3n) is 3.26. The van der Waals surface area contributed by atoms with E-state index in [1.54, 1.807) is 4.57 Å². The highest BCUT2D eigenvalue weighted by atomic mass is 32.2. The Kier molecular flexibility index (Phi) is 4.24. The van der Waals surface area contributed by atoms with Crippen LogP contribution >= 0.6 is 0 Å². The van der Waals surface area contributed by atoms with Crippen molar-refractivity contribution in [2.45, 2.75) is 36.9 Å². The first-order valence-corrected chi connectivity index (χ1v) is 7.75. The van der Waals surface area contributed by atoms with E-state index >= 15 is 0 Å². The van der Waals surface area contributed by atoms with Crippen LogP contribution in [-0.2, 0) is 21.3 Å². The Morgan fingerprint density at radius 1 is 1.53 bits per heavy atom. The van der Waals surface area contributed by atoms with Crippen molar-refractivity contribution in [3.8, 4) is 0 Å². The summed E-state index contributed by atoms with van der Waals surface area (Å²) in [4.78, 5) is 3.85. The van der Waals surface area contributed by atoms with Gasteiger partial charge in [-0.2, -0.15) is 0 Å². The molecule has 0 spiro atoms. The minimum Gasteiger partial charge on any atom is -0.388 e. The fourth-order valence-corrected chi connectivity index (χ4v) is 2.95. The number of rotatable bonds is 5. The van der Waals surface area contributed by atoms with Gasteiger partial charge in [0, 0.05) is 45.3 Å². The van der Waals surface area contributed by atoms with Crippen molar-refractivity contribution in [1.29, 1.82) is 0 Å². The number of hydrogen-bond donors (Lipinski definition) is 2. The van der Waals surface area contributed by atoms with E-state index in [0.29, 0.717) is 32.6 Å². The van der Waals surface area contributed by atoms with Crippen LogP contribution < -0.4 is 4.72 Å². The molecule has 0 saturated carbocycles. The van der Waals surface area contributed by atoms with Crippen LogP contribution in [0, 0.1) is 0 Å². The second-order valence-electron chi connectivity index (χ2n) is 4.70. The highest BCUT2D eigenvalue weighted by Crippen LogP contribution is 2.20. The smallest absolute Gasteiger partial charge is 0.259 e. The lowest BCUT2D eigenvalue weighted by atomic mass is 9.95. The van der Waals surface area contributed by atoms with Crippen LogP contribution in [0.25, 0.3) is 0 Å². The minimum absolute atomic E-state index is 0.0162. The molecule has 1 aromatic heterocycles. The third kappa shape index (κ3) is 3.53. The summed E-state index contributed by atoms with van der Waals surface area (Å²) < 4.78 is 33.3. The monoisotopic (exact) mass is 289 g/mol. The van der Waals surface area contributed by atoms with Crippen LogP contribution in [0.1, 0.15) is 19.8 Å². The molecule has 0 amide bonds. The van der Waals surface area contributed by atoms with Gasteiger partial charge in [-0.05, 0) is 6.92 Å². The van der Waals surface area contributed by atoms with Crippen molar-refractivity contribution < 1.29 is 18.3 Å². The van der Waals surface area contributed by atoms with E-state index in [9.17, 15) is 13.5 Å². The van der Waals surface area contributed by atoms with Crippen molar-refractivity contribution in [2.75, 3.05) is 19.8 Å². The predicted octanol–water partition coefficient (Wildman–Crippen LogP) is -0.277. The molecule has 0 unspecified atom stereocenters. The van der Waals surface area contributed by atoms with Crippen molar-refractivity contribution in [1.82, 2.24) is 14.3 Å². The van der Waals surface area contributed by atoms with E-state index in [2.05, 4.69) is 9.71 Å². The molecule has 8 heteroatoms. The summed E-state index contributed by atoms with van der Waals surface area (Å²) in [5, 5.41) is 10.2. The molecule has 1 fully saturated rings. The highest BCUT2D eigenvalue weighted by molar-refractivity contribution is 7.89. The molecule has 0 aromatic carbocycles. The lowest BCUT2D eigenvalue weighted by molar-refractivity contribution is -0.0588. The standard InChI is InChI=1S/C11H19N3O4S/c1-2-14-7-10(12-9-14)19(16,17)13-8-11(15)3-5-18-6-4-11/h7,9,13,15H,2-6,8H2,1H3. The van der Waals surface area contributed by atoms with Crippen molar-refractivity contribution >= 4 is 10.0 Å². The van der Waals surface area contributed by atoms with E-state index in [-0.39, 0.29) is 11.6 Å². The number of sulfonamides is 1. The average Bonchev–Trinajstić information content (AvgIpc) is 2.87. The zero-order valence-electron chi connectivity index (χ0n) is 10.9. The highest BCUT2D eigenvalue weighted by Gasteiger charge is 2.31. The fourth-order valence-electron chi connectivity index (χ4n) is 1.88. The lowest BCUT2D eigenvalue weighted by Gasteiger charge is -2.31. The molecule has 0 atom stereocenters. The first-order valence-electron chi connectivity index (χ1n) is 6.27. The van der Waals surface area contributed by atoms with Gasteiger partial charge in [0.15, 0.2) is 5.03 Å². The van der Waals surface area contributed by atoms with Crippen molar-refractivity contribution in [2.24, 2.45) is 0 Å². The largest absolute Gasteiger partial charge is 0.388 e.